The van der Waals surface area contributed by atoms with E-state index >= 15 is 0 Å². The Kier molecular flexibility index (Phi) is 14.1. The van der Waals surface area contributed by atoms with Crippen LogP contribution in [0.15, 0.2) is 109 Å². The fourth-order valence-electron chi connectivity index (χ4n) is 10.3. The van der Waals surface area contributed by atoms with Gasteiger partial charge in [0, 0.05) is 72.4 Å². The van der Waals surface area contributed by atoms with Crippen molar-refractivity contribution in [3.05, 3.63) is 187 Å². The second kappa shape index (κ2) is 18.9. The van der Waals surface area contributed by atoms with Crippen molar-refractivity contribution in [2.75, 3.05) is 0 Å². The van der Waals surface area contributed by atoms with Gasteiger partial charge in [0.1, 0.15) is 23.0 Å². The molecule has 1 aliphatic heterocycles. The van der Waals surface area contributed by atoms with E-state index in [2.05, 4.69) is 218 Å². The highest BCUT2D eigenvalue weighted by Crippen LogP contribution is 2.47. The summed E-state index contributed by atoms with van der Waals surface area (Å²) in [7, 11) is 0. The van der Waals surface area contributed by atoms with Gasteiger partial charge in [-0.25, -0.2) is 0 Å². The highest BCUT2D eigenvalue weighted by molar-refractivity contribution is 5.57. The van der Waals surface area contributed by atoms with E-state index in [1.165, 1.54) is 0 Å². The number of nitrogens with zero attached hydrogens (tertiary/aromatic N) is 2. The molecule has 1 heterocycles. The lowest BCUT2D eigenvalue weighted by Crippen LogP contribution is -2.28. The van der Waals surface area contributed by atoms with Gasteiger partial charge in [-0.1, -0.05) is 196 Å². The molecule has 0 atom stereocenters. The first-order chi connectivity index (χ1) is 32.3. The molecule has 7 rings (SSSR count). The molecule has 0 saturated heterocycles. The predicted octanol–water partition coefficient (Wildman–Crippen LogP) is 15.1. The largest absolute Gasteiger partial charge is 0.507 e. The van der Waals surface area contributed by atoms with E-state index in [0.29, 0.717) is 39.3 Å². The highest BCUT2D eigenvalue weighted by Gasteiger charge is 2.35. The topological polar surface area (TPSA) is 87.4 Å². The van der Waals surface area contributed by atoms with Crippen molar-refractivity contribution in [2.24, 2.45) is 0 Å². The van der Waals surface area contributed by atoms with Crippen LogP contribution in [0.5, 0.6) is 23.0 Å². The summed E-state index contributed by atoms with van der Waals surface area (Å²) in [6.45, 7) is 37.7. The van der Waals surface area contributed by atoms with Gasteiger partial charge in [0.15, 0.2) is 0 Å². The summed E-state index contributed by atoms with van der Waals surface area (Å²) in [5.74, 6) is 1.16. The fourth-order valence-corrected chi connectivity index (χ4v) is 10.3. The lowest BCUT2D eigenvalue weighted by molar-refractivity contribution is 0.239. The van der Waals surface area contributed by atoms with Crippen LogP contribution in [-0.4, -0.2) is 30.2 Å². The summed E-state index contributed by atoms with van der Waals surface area (Å²) in [6, 6.07) is 38.4. The smallest absolute Gasteiger partial charge is 0.123 e. The third kappa shape index (κ3) is 11.0. The van der Waals surface area contributed by atoms with Crippen molar-refractivity contribution in [1.29, 1.82) is 0 Å². The van der Waals surface area contributed by atoms with Gasteiger partial charge in [-0.3, -0.25) is 9.80 Å². The van der Waals surface area contributed by atoms with E-state index in [1.54, 1.807) is 0 Å². The Bertz CT molecular complexity index is 2500. The van der Waals surface area contributed by atoms with Crippen molar-refractivity contribution in [1.82, 2.24) is 9.80 Å². The minimum absolute atomic E-state index is 0.290. The van der Waals surface area contributed by atoms with Crippen LogP contribution in [-0.2, 0) is 71.8 Å². The van der Waals surface area contributed by atoms with Crippen LogP contribution in [0.2, 0.25) is 0 Å². The molecule has 8 bridgehead atoms. The zero-order chi connectivity index (χ0) is 51.5. The van der Waals surface area contributed by atoms with E-state index < -0.39 is 10.8 Å². The number of hydrogen-bond acceptors (Lipinski definition) is 6. The van der Waals surface area contributed by atoms with E-state index in [-0.39, 0.29) is 44.7 Å². The molecule has 0 aliphatic carbocycles. The number of rotatable bonds is 4. The lowest BCUT2D eigenvalue weighted by Gasteiger charge is -2.35. The van der Waals surface area contributed by atoms with Crippen molar-refractivity contribution in [3.63, 3.8) is 0 Å². The maximum absolute atomic E-state index is 12.5. The van der Waals surface area contributed by atoms with Crippen LogP contribution in [0.1, 0.15) is 189 Å². The standard InChI is InChI=1S/C64H82N2O4/c1-59(2,3)51-31-47-27-43(55(51)67)37-65(35-41-23-19-17-20-24-41)38-45-29-49(33-53(57(45)69)61(7,8)9)64(15,16)50-30-46(58(70)54(34-50)62(10,11)12)40-66(36-42-25-21-18-22-26-42)39-44-28-48(63(47,13)14)32-52(56(44)68)60(4,5)6/h17-34,67-70H,35-40H2,1-16H3. The predicted molar refractivity (Wildman–Crippen MR) is 290 cm³/mol. The van der Waals surface area contributed by atoms with Crippen LogP contribution >= 0.6 is 0 Å². The zero-order valence-electron chi connectivity index (χ0n) is 45.3. The van der Waals surface area contributed by atoms with E-state index in [4.69, 9.17) is 0 Å². The lowest BCUT2D eigenvalue weighted by atomic mass is 9.72. The molecule has 70 heavy (non-hydrogen) atoms. The van der Waals surface area contributed by atoms with Crippen LogP contribution in [0.25, 0.3) is 0 Å². The summed E-state index contributed by atoms with van der Waals surface area (Å²) < 4.78 is 0. The van der Waals surface area contributed by atoms with Gasteiger partial charge in [-0.05, 0) is 102 Å². The van der Waals surface area contributed by atoms with Crippen LogP contribution in [0, 0.1) is 0 Å². The Morgan fingerprint density at radius 1 is 0.357 bits per heavy atom. The maximum Gasteiger partial charge on any atom is 0.123 e. The number of phenolic OH excluding ortho intramolecular Hbond substituents is 4. The molecule has 6 aromatic rings. The molecule has 0 aromatic heterocycles. The highest BCUT2D eigenvalue weighted by atomic mass is 16.3. The molecule has 6 nitrogen and oxygen atoms in total. The first-order valence-electron chi connectivity index (χ1n) is 25.4. The molecule has 1 aliphatic rings. The van der Waals surface area contributed by atoms with Crippen LogP contribution < -0.4 is 0 Å². The van der Waals surface area contributed by atoms with Crippen molar-refractivity contribution in [3.8, 4) is 23.0 Å². The Hall–Kier alpha value is -5.56. The Labute approximate surface area is 421 Å². The Morgan fingerprint density at radius 2 is 0.571 bits per heavy atom. The van der Waals surface area contributed by atoms with Crippen molar-refractivity contribution >= 4 is 0 Å². The fraction of sp³-hybridized carbons (Fsp3) is 0.438. The van der Waals surface area contributed by atoms with Crippen molar-refractivity contribution in [2.45, 2.75) is 183 Å². The number of phenols is 4. The van der Waals surface area contributed by atoms with Gasteiger partial charge >= 0.3 is 0 Å². The minimum Gasteiger partial charge on any atom is -0.507 e. The number of aromatic hydroxyl groups is 4. The normalized spacial score (nSPS) is 16.2. The van der Waals surface area contributed by atoms with Gasteiger partial charge in [0.2, 0.25) is 0 Å². The molecule has 6 heteroatoms. The average molecular weight is 943 g/mol. The quantitative estimate of drug-likeness (QED) is 0.141. The Morgan fingerprint density at radius 3 is 0.771 bits per heavy atom. The third-order valence-electron chi connectivity index (χ3n) is 14.9. The van der Waals surface area contributed by atoms with Gasteiger partial charge in [0.05, 0.1) is 0 Å². The summed E-state index contributed by atoms with van der Waals surface area (Å²) in [5, 5.41) is 49.9. The molecule has 6 aromatic carbocycles. The van der Waals surface area contributed by atoms with Gasteiger partial charge < -0.3 is 20.4 Å². The monoisotopic (exact) mass is 943 g/mol. The van der Waals surface area contributed by atoms with E-state index in [9.17, 15) is 20.4 Å². The molecule has 0 fully saturated rings. The molecule has 0 amide bonds. The molecule has 0 saturated carbocycles. The summed E-state index contributed by atoms with van der Waals surface area (Å²) >= 11 is 0. The van der Waals surface area contributed by atoms with Gasteiger partial charge in [-0.15, -0.1) is 0 Å². The van der Waals surface area contributed by atoms with Gasteiger partial charge in [-0.2, -0.15) is 0 Å². The first kappa shape index (κ1) is 52.3. The first-order valence-corrected chi connectivity index (χ1v) is 25.4. The van der Waals surface area contributed by atoms with Crippen molar-refractivity contribution < 1.29 is 20.4 Å². The van der Waals surface area contributed by atoms with Crippen LogP contribution in [0.3, 0.4) is 0 Å². The third-order valence-corrected chi connectivity index (χ3v) is 14.9. The van der Waals surface area contributed by atoms with E-state index in [1.807, 2.05) is 12.1 Å². The molecule has 4 N–H and O–H groups in total. The van der Waals surface area contributed by atoms with E-state index in [0.717, 1.165) is 77.9 Å². The molecule has 0 spiro atoms. The summed E-state index contributed by atoms with van der Waals surface area (Å²) in [6.07, 6.45) is 0. The molecule has 0 unspecified atom stereocenters. The Balaban J connectivity index is 1.58. The summed E-state index contributed by atoms with van der Waals surface area (Å²) in [4.78, 5) is 4.69. The summed E-state index contributed by atoms with van der Waals surface area (Å²) in [5.41, 5.74) is 10.6. The molecule has 0 radical (unpaired) electrons. The number of fused-ring (bicyclic) bond motifs is 8. The number of hydrogen-bond donors (Lipinski definition) is 4. The average Bonchev–Trinajstić information content (AvgIpc) is 3.24. The van der Waals surface area contributed by atoms with Gasteiger partial charge in [0.25, 0.3) is 0 Å². The second-order valence-corrected chi connectivity index (χ2v) is 25.6. The van der Waals surface area contributed by atoms with Crippen LogP contribution in [0.4, 0.5) is 0 Å². The minimum atomic E-state index is -0.575. The molecular weight excluding hydrogens is 861 g/mol. The zero-order valence-corrected chi connectivity index (χ0v) is 45.3. The number of benzene rings is 6. The molecular formula is C64H82N2O4. The maximum atomic E-state index is 12.5. The molecule has 372 valence electrons. The SMILES string of the molecule is CC(C)(C)c1cc2cc(c1O)CN(Cc1ccccc1)Cc1cc(cc(C(C)(C)C)c1O)C(C)(C)c1cc(c(O)c(C(C)(C)C)c1)CN(Cc1ccccc1)Cc1cc(cc(C(C)(C)C)c1O)C2(C)C. The second-order valence-electron chi connectivity index (χ2n) is 25.6.